The lowest BCUT2D eigenvalue weighted by atomic mass is 10.1. The van der Waals surface area contributed by atoms with Gasteiger partial charge in [-0.1, -0.05) is 12.1 Å². The number of rotatable bonds is 6. The summed E-state index contributed by atoms with van der Waals surface area (Å²) >= 11 is 0. The molecule has 21 heavy (non-hydrogen) atoms. The van der Waals surface area contributed by atoms with Crippen LogP contribution >= 0.6 is 0 Å². The number of hydrogen-bond donors (Lipinski definition) is 2. The molecule has 0 aromatic heterocycles. The van der Waals surface area contributed by atoms with Gasteiger partial charge in [0.2, 0.25) is 0 Å². The summed E-state index contributed by atoms with van der Waals surface area (Å²) in [6.07, 6.45) is 0. The van der Waals surface area contributed by atoms with Gasteiger partial charge in [-0.3, -0.25) is 5.41 Å². The van der Waals surface area contributed by atoms with Gasteiger partial charge in [0.25, 0.3) is 0 Å². The fourth-order valence-electron chi connectivity index (χ4n) is 1.99. The molecular weight excluding hydrogens is 264 g/mol. The van der Waals surface area contributed by atoms with Crippen molar-refractivity contribution in [3.05, 3.63) is 59.2 Å². The summed E-state index contributed by atoms with van der Waals surface area (Å²) in [7, 11) is 0. The zero-order valence-corrected chi connectivity index (χ0v) is 12.3. The minimum atomic E-state index is 0.0806. The zero-order valence-electron chi connectivity index (χ0n) is 12.3. The molecule has 3 N–H and O–H groups in total. The van der Waals surface area contributed by atoms with E-state index in [2.05, 4.69) is 0 Å². The van der Waals surface area contributed by atoms with Crippen molar-refractivity contribution >= 4 is 5.84 Å². The van der Waals surface area contributed by atoms with Gasteiger partial charge in [-0.25, -0.2) is 0 Å². The van der Waals surface area contributed by atoms with E-state index in [1.54, 1.807) is 0 Å². The largest absolute Gasteiger partial charge is 0.494 e. The lowest BCUT2D eigenvalue weighted by Crippen LogP contribution is -2.11. The fraction of sp³-hybridized carbons (Fsp3) is 0.235. The van der Waals surface area contributed by atoms with E-state index in [4.69, 9.17) is 20.6 Å². The molecular formula is C17H20N2O2. The summed E-state index contributed by atoms with van der Waals surface area (Å²) in [6.45, 7) is 5.08. The van der Waals surface area contributed by atoms with Gasteiger partial charge in [0.05, 0.1) is 6.61 Å². The minimum Gasteiger partial charge on any atom is -0.494 e. The van der Waals surface area contributed by atoms with Crippen molar-refractivity contribution in [2.24, 2.45) is 5.73 Å². The molecule has 0 fully saturated rings. The Balaban J connectivity index is 2.01. The molecule has 0 saturated carbocycles. The summed E-state index contributed by atoms with van der Waals surface area (Å²) in [4.78, 5) is 0. The lowest BCUT2D eigenvalue weighted by Gasteiger charge is -2.11. The number of aryl methyl sites for hydroxylation is 1. The Hall–Kier alpha value is -2.49. The Bertz CT molecular complexity index is 621. The molecule has 0 spiro atoms. The third kappa shape index (κ3) is 3.99. The number of nitrogens with one attached hydrogen (secondary N) is 1. The van der Waals surface area contributed by atoms with Gasteiger partial charge in [0.15, 0.2) is 0 Å². The van der Waals surface area contributed by atoms with Crippen LogP contribution in [0.4, 0.5) is 0 Å². The number of ether oxygens (including phenoxy) is 2. The normalized spacial score (nSPS) is 10.2. The Morgan fingerprint density at radius 3 is 2.19 bits per heavy atom. The zero-order chi connectivity index (χ0) is 15.2. The average Bonchev–Trinajstić information content (AvgIpc) is 2.47. The molecule has 0 amide bonds. The van der Waals surface area contributed by atoms with E-state index < -0.39 is 0 Å². The van der Waals surface area contributed by atoms with Crippen LogP contribution in [0.2, 0.25) is 0 Å². The second-order valence-corrected chi connectivity index (χ2v) is 4.75. The van der Waals surface area contributed by atoms with E-state index in [1.165, 1.54) is 0 Å². The molecule has 0 aliphatic carbocycles. The van der Waals surface area contributed by atoms with Crippen molar-refractivity contribution in [3.8, 4) is 11.5 Å². The molecule has 110 valence electrons. The first kappa shape index (κ1) is 14.9. The van der Waals surface area contributed by atoms with Gasteiger partial charge < -0.3 is 15.2 Å². The predicted molar refractivity (Wildman–Crippen MR) is 84.1 cm³/mol. The second-order valence-electron chi connectivity index (χ2n) is 4.75. The Labute approximate surface area is 125 Å². The van der Waals surface area contributed by atoms with E-state index in [1.807, 2.05) is 56.3 Å². The summed E-state index contributed by atoms with van der Waals surface area (Å²) in [5.74, 6) is 1.72. The lowest BCUT2D eigenvalue weighted by molar-refractivity contribution is 0.303. The molecule has 0 bridgehead atoms. The van der Waals surface area contributed by atoms with Gasteiger partial charge in [-0.2, -0.15) is 0 Å². The van der Waals surface area contributed by atoms with E-state index in [9.17, 15) is 0 Å². The molecule has 2 aromatic carbocycles. The van der Waals surface area contributed by atoms with Crippen LogP contribution in [-0.4, -0.2) is 12.4 Å². The maximum absolute atomic E-state index is 7.43. The van der Waals surface area contributed by atoms with Crippen LogP contribution in [0.1, 0.15) is 23.6 Å². The maximum atomic E-state index is 7.43. The Morgan fingerprint density at radius 1 is 1.05 bits per heavy atom. The number of hydrogen-bond acceptors (Lipinski definition) is 3. The second kappa shape index (κ2) is 6.79. The van der Waals surface area contributed by atoms with Crippen LogP contribution in [-0.2, 0) is 6.61 Å². The fourth-order valence-corrected chi connectivity index (χ4v) is 1.99. The molecule has 0 saturated heterocycles. The van der Waals surface area contributed by atoms with E-state index in [0.29, 0.717) is 13.2 Å². The smallest absolute Gasteiger partial charge is 0.122 e. The highest BCUT2D eigenvalue weighted by molar-refractivity contribution is 5.95. The summed E-state index contributed by atoms with van der Waals surface area (Å²) in [5, 5.41) is 7.43. The van der Waals surface area contributed by atoms with Crippen molar-refractivity contribution in [1.82, 2.24) is 0 Å². The number of nitrogens with two attached hydrogens (primary N) is 1. The number of nitrogen functional groups attached to an aromatic ring is 1. The summed E-state index contributed by atoms with van der Waals surface area (Å²) < 4.78 is 11.2. The Kier molecular flexibility index (Phi) is 4.82. The van der Waals surface area contributed by atoms with E-state index in [-0.39, 0.29) is 5.84 Å². The first-order valence-corrected chi connectivity index (χ1v) is 6.89. The highest BCUT2D eigenvalue weighted by Crippen LogP contribution is 2.19. The molecule has 0 atom stereocenters. The van der Waals surface area contributed by atoms with Gasteiger partial charge in [0, 0.05) is 5.56 Å². The summed E-state index contributed by atoms with van der Waals surface area (Å²) in [5.41, 5.74) is 8.35. The Morgan fingerprint density at radius 2 is 1.67 bits per heavy atom. The third-order valence-electron chi connectivity index (χ3n) is 3.18. The number of benzene rings is 2. The van der Waals surface area contributed by atoms with Crippen molar-refractivity contribution in [2.75, 3.05) is 6.61 Å². The summed E-state index contributed by atoms with van der Waals surface area (Å²) in [6, 6.07) is 13.3. The highest BCUT2D eigenvalue weighted by Gasteiger charge is 2.03. The molecule has 4 nitrogen and oxygen atoms in total. The van der Waals surface area contributed by atoms with Gasteiger partial charge >= 0.3 is 0 Å². The molecule has 0 aliphatic rings. The van der Waals surface area contributed by atoms with Gasteiger partial charge in [0.1, 0.15) is 23.9 Å². The molecule has 2 aromatic rings. The first-order valence-electron chi connectivity index (χ1n) is 6.89. The van der Waals surface area contributed by atoms with Crippen LogP contribution in [0.5, 0.6) is 11.5 Å². The molecule has 2 rings (SSSR count). The average molecular weight is 284 g/mol. The van der Waals surface area contributed by atoms with Crippen molar-refractivity contribution in [1.29, 1.82) is 5.41 Å². The molecule has 0 unspecified atom stereocenters. The van der Waals surface area contributed by atoms with E-state index in [0.717, 1.165) is 28.2 Å². The first-order chi connectivity index (χ1) is 10.1. The van der Waals surface area contributed by atoms with Gasteiger partial charge in [-0.05, 0) is 55.3 Å². The molecule has 0 aliphatic heterocycles. The monoisotopic (exact) mass is 284 g/mol. The van der Waals surface area contributed by atoms with Crippen LogP contribution < -0.4 is 15.2 Å². The van der Waals surface area contributed by atoms with Crippen LogP contribution in [0.15, 0.2) is 42.5 Å². The predicted octanol–water partition coefficient (Wildman–Crippen LogP) is 3.26. The third-order valence-corrected chi connectivity index (χ3v) is 3.18. The molecule has 4 heteroatoms. The van der Waals surface area contributed by atoms with Crippen LogP contribution in [0.25, 0.3) is 0 Å². The minimum absolute atomic E-state index is 0.0806. The van der Waals surface area contributed by atoms with Gasteiger partial charge in [-0.15, -0.1) is 0 Å². The maximum Gasteiger partial charge on any atom is 0.122 e. The quantitative estimate of drug-likeness (QED) is 0.632. The molecule has 0 radical (unpaired) electrons. The highest BCUT2D eigenvalue weighted by atomic mass is 16.5. The topological polar surface area (TPSA) is 68.3 Å². The van der Waals surface area contributed by atoms with Crippen molar-refractivity contribution in [2.45, 2.75) is 20.5 Å². The SMILES string of the molecule is CCOc1ccc(OCc2ccc(C(=N)N)cc2C)cc1. The molecule has 0 heterocycles. The van der Waals surface area contributed by atoms with Crippen LogP contribution in [0, 0.1) is 12.3 Å². The van der Waals surface area contributed by atoms with Crippen molar-refractivity contribution in [3.63, 3.8) is 0 Å². The number of amidine groups is 1. The van der Waals surface area contributed by atoms with Crippen LogP contribution in [0.3, 0.4) is 0 Å². The standard InChI is InChI=1S/C17H20N2O2/c1-3-20-15-6-8-16(9-7-15)21-11-14-5-4-13(17(18)19)10-12(14)2/h4-10H,3,11H2,1-2H3,(H3,18,19). The van der Waals surface area contributed by atoms with E-state index >= 15 is 0 Å². The van der Waals surface area contributed by atoms with Crippen molar-refractivity contribution < 1.29 is 9.47 Å².